The third kappa shape index (κ3) is 23.7. The molecular weight excluding hydrogens is 334 g/mol. The third-order valence-corrected chi connectivity index (χ3v) is 0. The minimum absolute atomic E-state index is 0. The van der Waals surface area contributed by atoms with Gasteiger partial charge in [0.05, 0.1) is 0 Å². The largest absolute Gasteiger partial charge is 0.179 e. The van der Waals surface area contributed by atoms with Crippen LogP contribution in [-0.2, 0) is 22.4 Å². The van der Waals surface area contributed by atoms with Gasteiger partial charge in [0.1, 0.15) is 0 Å². The Hall–Kier alpha value is 2.04. The standard InChI is InChI=1S/Au.Cl3P/c;1-4(2)3. The maximum absolute atomic E-state index is 4.87. The van der Waals surface area contributed by atoms with Crippen LogP contribution in [0.3, 0.4) is 0 Å². The van der Waals surface area contributed by atoms with Crippen molar-refractivity contribution in [1.82, 2.24) is 0 Å². The number of halogens is 3. The molecule has 0 bridgehead atoms. The fourth-order valence-corrected chi connectivity index (χ4v) is 0. The Bertz CT molecular complexity index is 11.6. The van der Waals surface area contributed by atoms with E-state index in [1.54, 1.807) is 0 Å². The van der Waals surface area contributed by atoms with Gasteiger partial charge in [-0.15, -0.1) is 0 Å². The summed E-state index contributed by atoms with van der Waals surface area (Å²) in [5.74, 6) is -1.20. The Morgan fingerprint density at radius 3 is 1.00 bits per heavy atom. The summed E-state index contributed by atoms with van der Waals surface area (Å²) in [5, 5.41) is 0. The van der Waals surface area contributed by atoms with Gasteiger partial charge in [-0.2, -0.15) is 0 Å². The Morgan fingerprint density at radius 2 is 1.00 bits per heavy atom. The maximum atomic E-state index is 4.87. The van der Waals surface area contributed by atoms with Gasteiger partial charge in [0.25, 0.3) is 0 Å². The van der Waals surface area contributed by atoms with Gasteiger partial charge in [0.15, 0.2) is 5.98 Å². The summed E-state index contributed by atoms with van der Waals surface area (Å²) in [6.07, 6.45) is 0. The molecule has 0 spiro atoms. The number of hydrogen-bond donors (Lipinski definition) is 0. The summed E-state index contributed by atoms with van der Waals surface area (Å²) < 4.78 is 0. The second kappa shape index (κ2) is 6.04. The van der Waals surface area contributed by atoms with Gasteiger partial charge < -0.3 is 0 Å². The quantitative estimate of drug-likeness (QED) is 0.472. The monoisotopic (exact) mass is 333 g/mol. The third-order valence-electron chi connectivity index (χ3n) is 0. The molecule has 0 saturated heterocycles. The van der Waals surface area contributed by atoms with Crippen molar-refractivity contribution in [2.24, 2.45) is 0 Å². The van der Waals surface area contributed by atoms with Gasteiger partial charge in [-0.3, -0.25) is 0 Å². The second-order valence-corrected chi connectivity index (χ2v) is 5.17. The first kappa shape index (κ1) is 10.1. The molecule has 0 aliphatic rings. The van der Waals surface area contributed by atoms with Gasteiger partial charge in [0.2, 0.25) is 0 Å². The van der Waals surface area contributed by atoms with Crippen LogP contribution in [0.5, 0.6) is 0 Å². The molecule has 37 valence electrons. The molecule has 0 aliphatic carbocycles. The molecule has 0 N–H and O–H groups in total. The predicted octanol–water partition coefficient (Wildman–Crippen LogP) is 2.93. The molecule has 5 heavy (non-hydrogen) atoms. The van der Waals surface area contributed by atoms with E-state index in [1.165, 1.54) is 0 Å². The first-order chi connectivity index (χ1) is 1.73. The molecule has 0 aromatic carbocycles. The molecule has 5 heteroatoms. The van der Waals surface area contributed by atoms with E-state index in [9.17, 15) is 0 Å². The molecule has 0 amide bonds. The van der Waals surface area contributed by atoms with E-state index in [4.69, 9.17) is 33.7 Å². The fourth-order valence-electron chi connectivity index (χ4n) is 0. The zero-order valence-corrected chi connectivity index (χ0v) is 7.21. The van der Waals surface area contributed by atoms with Crippen LogP contribution in [0.2, 0.25) is 0 Å². The number of rotatable bonds is 0. The Morgan fingerprint density at radius 1 is 1.00 bits per heavy atom. The average molecular weight is 334 g/mol. The van der Waals surface area contributed by atoms with Crippen LogP contribution in [-0.4, -0.2) is 0 Å². The van der Waals surface area contributed by atoms with Crippen LogP contribution in [0.1, 0.15) is 0 Å². The molecule has 0 saturated carbocycles. The SMILES string of the molecule is ClP(Cl)Cl.[Au]. The summed E-state index contributed by atoms with van der Waals surface area (Å²) in [6, 6.07) is 0. The summed E-state index contributed by atoms with van der Waals surface area (Å²) >= 11 is 14.6. The minimum atomic E-state index is -1.20. The zero-order chi connectivity index (χ0) is 3.58. The van der Waals surface area contributed by atoms with Crippen molar-refractivity contribution >= 4 is 39.7 Å². The van der Waals surface area contributed by atoms with Crippen molar-refractivity contribution in [1.29, 1.82) is 0 Å². The van der Waals surface area contributed by atoms with Gasteiger partial charge in [0, 0.05) is 22.4 Å². The number of hydrogen-bond acceptors (Lipinski definition) is 0. The predicted molar refractivity (Wildman–Crippen MR) is 24.5 cm³/mol. The van der Waals surface area contributed by atoms with E-state index < -0.39 is 5.98 Å². The zero-order valence-electron chi connectivity index (χ0n) is 1.88. The van der Waals surface area contributed by atoms with Crippen molar-refractivity contribution in [2.45, 2.75) is 0 Å². The first-order valence-electron chi connectivity index (χ1n) is 0.507. The molecule has 0 fully saturated rings. The van der Waals surface area contributed by atoms with Crippen molar-refractivity contribution in [3.63, 3.8) is 0 Å². The molecular formula is AuCl3P. The summed E-state index contributed by atoms with van der Waals surface area (Å²) in [6.45, 7) is 0. The van der Waals surface area contributed by atoms with Crippen molar-refractivity contribution in [2.75, 3.05) is 0 Å². The summed E-state index contributed by atoms with van der Waals surface area (Å²) in [7, 11) is 0. The molecule has 0 unspecified atom stereocenters. The van der Waals surface area contributed by atoms with E-state index in [1.807, 2.05) is 0 Å². The van der Waals surface area contributed by atoms with E-state index in [2.05, 4.69) is 0 Å². The molecule has 0 aromatic heterocycles. The summed E-state index contributed by atoms with van der Waals surface area (Å²) in [5.41, 5.74) is 0. The van der Waals surface area contributed by atoms with Crippen LogP contribution < -0.4 is 0 Å². The average Bonchev–Trinajstić information content (AvgIpc) is 0.811. The minimum Gasteiger partial charge on any atom is -0.0596 e. The van der Waals surface area contributed by atoms with Gasteiger partial charge in [-0.25, -0.2) is 0 Å². The van der Waals surface area contributed by atoms with Gasteiger partial charge >= 0.3 is 0 Å². The Kier molecular flexibility index (Phi) is 12.2. The van der Waals surface area contributed by atoms with Crippen molar-refractivity contribution < 1.29 is 22.4 Å². The molecule has 1 radical (unpaired) electrons. The van der Waals surface area contributed by atoms with E-state index >= 15 is 0 Å². The molecule has 0 rings (SSSR count). The molecule has 0 heterocycles. The molecule has 0 atom stereocenters. The van der Waals surface area contributed by atoms with Crippen molar-refractivity contribution in [3.8, 4) is 0 Å². The van der Waals surface area contributed by atoms with Crippen LogP contribution in [0.15, 0.2) is 0 Å². The van der Waals surface area contributed by atoms with Gasteiger partial charge in [-0.1, -0.05) is 33.7 Å². The van der Waals surface area contributed by atoms with E-state index in [0.29, 0.717) is 0 Å². The fraction of sp³-hybridized carbons (Fsp3) is 0. The van der Waals surface area contributed by atoms with Crippen LogP contribution in [0.25, 0.3) is 0 Å². The molecule has 0 nitrogen and oxygen atoms in total. The van der Waals surface area contributed by atoms with E-state index in [-0.39, 0.29) is 22.4 Å². The molecule has 0 aliphatic heterocycles. The van der Waals surface area contributed by atoms with Crippen LogP contribution >= 0.6 is 39.7 Å². The normalized spacial score (nSPS) is 7.20. The van der Waals surface area contributed by atoms with E-state index in [0.717, 1.165) is 0 Å². The van der Waals surface area contributed by atoms with Crippen LogP contribution in [0, 0.1) is 0 Å². The van der Waals surface area contributed by atoms with Gasteiger partial charge in [-0.05, 0) is 0 Å². The molecule has 0 aromatic rings. The Labute approximate surface area is 61.8 Å². The topological polar surface area (TPSA) is 0 Å². The first-order valence-corrected chi connectivity index (χ1v) is 4.56. The Balaban J connectivity index is 0. The smallest absolute Gasteiger partial charge is 0.0596 e. The summed E-state index contributed by atoms with van der Waals surface area (Å²) in [4.78, 5) is 0. The second-order valence-electron chi connectivity index (χ2n) is 0.192. The maximum Gasteiger partial charge on any atom is 0.179 e. The van der Waals surface area contributed by atoms with Crippen molar-refractivity contribution in [3.05, 3.63) is 0 Å². The van der Waals surface area contributed by atoms with Crippen LogP contribution in [0.4, 0.5) is 0 Å².